The van der Waals surface area contributed by atoms with E-state index in [2.05, 4.69) is 15.5 Å². The van der Waals surface area contributed by atoms with Gasteiger partial charge in [-0.15, -0.1) is 10.2 Å². The van der Waals surface area contributed by atoms with Crippen LogP contribution in [0.5, 0.6) is 0 Å². The summed E-state index contributed by atoms with van der Waals surface area (Å²) in [5, 5.41) is 9.98. The van der Waals surface area contributed by atoms with Crippen molar-refractivity contribution in [2.24, 2.45) is 5.73 Å². The van der Waals surface area contributed by atoms with Gasteiger partial charge in [0.15, 0.2) is 0 Å². The monoisotopic (exact) mass is 218 g/mol. The zero-order valence-electron chi connectivity index (χ0n) is 8.38. The van der Waals surface area contributed by atoms with E-state index in [1.54, 1.807) is 24.3 Å². The molecule has 1 amide bonds. The molecule has 0 spiro atoms. The number of rotatable bonds is 3. The second-order valence-corrected chi connectivity index (χ2v) is 3.07. The molecule has 1 aromatic carbocycles. The summed E-state index contributed by atoms with van der Waals surface area (Å²) >= 11 is 0. The van der Waals surface area contributed by atoms with Crippen molar-refractivity contribution >= 4 is 11.6 Å². The number of hydrogen-bond donors (Lipinski definition) is 2. The summed E-state index contributed by atoms with van der Waals surface area (Å²) < 4.78 is 5.03. The molecule has 16 heavy (non-hydrogen) atoms. The zero-order chi connectivity index (χ0) is 11.4. The minimum absolute atomic E-state index is 0.0363. The molecule has 2 rings (SSSR count). The number of carbonyl (C=O) groups is 1. The van der Waals surface area contributed by atoms with Gasteiger partial charge >= 0.3 is 0 Å². The first-order valence-corrected chi connectivity index (χ1v) is 4.66. The first kappa shape index (κ1) is 10.3. The van der Waals surface area contributed by atoms with E-state index in [-0.39, 0.29) is 12.5 Å². The Bertz CT molecular complexity index is 464. The number of anilines is 1. The van der Waals surface area contributed by atoms with E-state index in [4.69, 9.17) is 10.2 Å². The van der Waals surface area contributed by atoms with Crippen molar-refractivity contribution in [2.45, 2.75) is 0 Å². The van der Waals surface area contributed by atoms with Crippen molar-refractivity contribution in [3.8, 4) is 11.5 Å². The van der Waals surface area contributed by atoms with Crippen LogP contribution in [0.3, 0.4) is 0 Å². The summed E-state index contributed by atoms with van der Waals surface area (Å²) in [6.07, 6.45) is 1.26. The Morgan fingerprint density at radius 1 is 1.38 bits per heavy atom. The van der Waals surface area contributed by atoms with E-state index in [9.17, 15) is 4.79 Å². The number of benzene rings is 1. The van der Waals surface area contributed by atoms with Gasteiger partial charge in [0.2, 0.25) is 18.2 Å². The Hall–Kier alpha value is -2.21. The molecule has 0 saturated heterocycles. The summed E-state index contributed by atoms with van der Waals surface area (Å²) in [5.74, 6) is 0.210. The second kappa shape index (κ2) is 4.54. The van der Waals surface area contributed by atoms with E-state index < -0.39 is 0 Å². The maximum Gasteiger partial charge on any atom is 0.247 e. The predicted molar refractivity (Wildman–Crippen MR) is 57.4 cm³/mol. The molecular weight excluding hydrogens is 208 g/mol. The number of nitrogens with two attached hydrogens (primary N) is 1. The second-order valence-electron chi connectivity index (χ2n) is 3.07. The van der Waals surface area contributed by atoms with Gasteiger partial charge in [0.05, 0.1) is 6.54 Å². The Balaban J connectivity index is 2.14. The van der Waals surface area contributed by atoms with Gasteiger partial charge in [0.1, 0.15) is 0 Å². The van der Waals surface area contributed by atoms with Crippen molar-refractivity contribution in [3.05, 3.63) is 30.7 Å². The lowest BCUT2D eigenvalue weighted by Crippen LogP contribution is -2.21. The molecular formula is C10H10N4O2. The minimum Gasteiger partial charge on any atom is -0.423 e. The SMILES string of the molecule is NCC(=O)Nc1ccc(-c2nnco2)cc1. The van der Waals surface area contributed by atoms with Crippen molar-refractivity contribution in [1.29, 1.82) is 0 Å². The van der Waals surface area contributed by atoms with Crippen LogP contribution in [0.1, 0.15) is 0 Å². The third kappa shape index (κ3) is 2.23. The largest absolute Gasteiger partial charge is 0.423 e. The van der Waals surface area contributed by atoms with Crippen LogP contribution < -0.4 is 11.1 Å². The number of amides is 1. The molecule has 0 bridgehead atoms. The van der Waals surface area contributed by atoms with E-state index in [0.29, 0.717) is 11.6 Å². The molecule has 6 nitrogen and oxygen atoms in total. The molecule has 1 aromatic heterocycles. The average Bonchev–Trinajstić information content (AvgIpc) is 2.83. The Kier molecular flexibility index (Phi) is 2.93. The number of nitrogens with zero attached hydrogens (tertiary/aromatic N) is 2. The van der Waals surface area contributed by atoms with Crippen LogP contribution in [0.2, 0.25) is 0 Å². The van der Waals surface area contributed by atoms with Crippen LogP contribution in [0, 0.1) is 0 Å². The fourth-order valence-electron chi connectivity index (χ4n) is 1.21. The number of nitrogens with one attached hydrogen (secondary N) is 1. The summed E-state index contributed by atoms with van der Waals surface area (Å²) in [6.45, 7) is -0.0363. The van der Waals surface area contributed by atoms with Crippen LogP contribution in [0.4, 0.5) is 5.69 Å². The number of carbonyl (C=O) groups excluding carboxylic acids is 1. The number of aromatic nitrogens is 2. The molecule has 0 fully saturated rings. The zero-order valence-corrected chi connectivity index (χ0v) is 8.38. The lowest BCUT2D eigenvalue weighted by molar-refractivity contribution is -0.114. The molecule has 3 N–H and O–H groups in total. The third-order valence-electron chi connectivity index (χ3n) is 1.96. The maximum atomic E-state index is 11.0. The van der Waals surface area contributed by atoms with Gasteiger partial charge in [-0.1, -0.05) is 0 Å². The van der Waals surface area contributed by atoms with Gasteiger partial charge in [-0.05, 0) is 24.3 Å². The predicted octanol–water partition coefficient (Wildman–Crippen LogP) is 0.634. The highest BCUT2D eigenvalue weighted by atomic mass is 16.4. The van der Waals surface area contributed by atoms with Crippen molar-refractivity contribution in [2.75, 3.05) is 11.9 Å². The van der Waals surface area contributed by atoms with E-state index >= 15 is 0 Å². The smallest absolute Gasteiger partial charge is 0.247 e. The lowest BCUT2D eigenvalue weighted by atomic mass is 10.2. The molecule has 82 valence electrons. The van der Waals surface area contributed by atoms with Crippen LogP contribution in [-0.4, -0.2) is 22.6 Å². The van der Waals surface area contributed by atoms with Crippen LogP contribution in [0.25, 0.3) is 11.5 Å². The van der Waals surface area contributed by atoms with Gasteiger partial charge in [-0.3, -0.25) is 4.79 Å². The minimum atomic E-state index is -0.231. The fourth-order valence-corrected chi connectivity index (χ4v) is 1.21. The molecule has 0 radical (unpaired) electrons. The lowest BCUT2D eigenvalue weighted by Gasteiger charge is -2.03. The van der Waals surface area contributed by atoms with Gasteiger partial charge in [-0.25, -0.2) is 0 Å². The van der Waals surface area contributed by atoms with Gasteiger partial charge in [0.25, 0.3) is 0 Å². The topological polar surface area (TPSA) is 94.0 Å². The highest BCUT2D eigenvalue weighted by Gasteiger charge is 2.03. The van der Waals surface area contributed by atoms with Gasteiger partial charge < -0.3 is 15.5 Å². The normalized spacial score (nSPS) is 10.1. The molecule has 6 heteroatoms. The van der Waals surface area contributed by atoms with E-state index in [1.807, 2.05) is 0 Å². The van der Waals surface area contributed by atoms with E-state index in [1.165, 1.54) is 6.39 Å². The summed E-state index contributed by atoms with van der Waals surface area (Å²) in [4.78, 5) is 11.0. The summed E-state index contributed by atoms with van der Waals surface area (Å²) in [5.41, 5.74) is 6.66. The van der Waals surface area contributed by atoms with Gasteiger partial charge in [-0.2, -0.15) is 0 Å². The van der Waals surface area contributed by atoms with Gasteiger partial charge in [0, 0.05) is 11.3 Å². The highest BCUT2D eigenvalue weighted by molar-refractivity contribution is 5.92. The summed E-state index contributed by atoms with van der Waals surface area (Å²) in [7, 11) is 0. The van der Waals surface area contributed by atoms with Crippen LogP contribution >= 0.6 is 0 Å². The molecule has 0 aliphatic carbocycles. The average molecular weight is 218 g/mol. The maximum absolute atomic E-state index is 11.0. The fraction of sp³-hybridized carbons (Fsp3) is 0.100. The Morgan fingerprint density at radius 3 is 2.69 bits per heavy atom. The first-order chi connectivity index (χ1) is 7.79. The molecule has 1 heterocycles. The number of hydrogen-bond acceptors (Lipinski definition) is 5. The van der Waals surface area contributed by atoms with Crippen molar-refractivity contribution < 1.29 is 9.21 Å². The molecule has 0 aliphatic rings. The van der Waals surface area contributed by atoms with Crippen molar-refractivity contribution in [3.63, 3.8) is 0 Å². The third-order valence-corrected chi connectivity index (χ3v) is 1.96. The first-order valence-electron chi connectivity index (χ1n) is 4.66. The van der Waals surface area contributed by atoms with Crippen LogP contribution in [-0.2, 0) is 4.79 Å². The molecule has 0 atom stereocenters. The molecule has 0 aliphatic heterocycles. The van der Waals surface area contributed by atoms with Crippen molar-refractivity contribution in [1.82, 2.24) is 10.2 Å². The highest BCUT2D eigenvalue weighted by Crippen LogP contribution is 2.18. The molecule has 0 saturated carbocycles. The Labute approximate surface area is 91.5 Å². The summed E-state index contributed by atoms with van der Waals surface area (Å²) in [6, 6.07) is 7.04. The quantitative estimate of drug-likeness (QED) is 0.788. The standard InChI is InChI=1S/C10H10N4O2/c11-5-9(15)13-8-3-1-7(2-4-8)10-14-12-6-16-10/h1-4,6H,5,11H2,(H,13,15). The Morgan fingerprint density at radius 2 is 2.12 bits per heavy atom. The molecule has 2 aromatic rings. The van der Waals surface area contributed by atoms with E-state index in [0.717, 1.165) is 5.56 Å². The molecule has 0 unspecified atom stereocenters. The van der Waals surface area contributed by atoms with Crippen LogP contribution in [0.15, 0.2) is 35.1 Å².